The summed E-state index contributed by atoms with van der Waals surface area (Å²) in [5.41, 5.74) is 1.17. The van der Waals surface area contributed by atoms with Crippen LogP contribution in [0.15, 0.2) is 63.2 Å². The van der Waals surface area contributed by atoms with Crippen LogP contribution in [0.5, 0.6) is 11.6 Å². The van der Waals surface area contributed by atoms with Gasteiger partial charge in [-0.3, -0.25) is 4.79 Å². The van der Waals surface area contributed by atoms with Crippen LogP contribution in [0.3, 0.4) is 0 Å². The van der Waals surface area contributed by atoms with E-state index in [1.165, 1.54) is 0 Å². The van der Waals surface area contributed by atoms with Gasteiger partial charge in [0.25, 0.3) is 0 Å². The average Bonchev–Trinajstić information content (AvgIpc) is 2.95. The highest BCUT2D eigenvalue weighted by Gasteiger charge is 2.16. The van der Waals surface area contributed by atoms with Crippen molar-refractivity contribution in [2.75, 3.05) is 6.61 Å². The summed E-state index contributed by atoms with van der Waals surface area (Å²) >= 11 is 3.34. The monoisotopic (exact) mass is 443 g/mol. The van der Waals surface area contributed by atoms with E-state index >= 15 is 0 Å². The van der Waals surface area contributed by atoms with Crippen molar-refractivity contribution in [1.29, 1.82) is 0 Å². The van der Waals surface area contributed by atoms with Crippen LogP contribution in [0.1, 0.15) is 20.3 Å². The van der Waals surface area contributed by atoms with Crippen LogP contribution < -0.4 is 4.74 Å². The van der Waals surface area contributed by atoms with E-state index in [1.807, 2.05) is 41.0 Å². The van der Waals surface area contributed by atoms with E-state index in [0.29, 0.717) is 23.9 Å². The first-order chi connectivity index (χ1) is 13.5. The Kier molecular flexibility index (Phi) is 6.46. The van der Waals surface area contributed by atoms with Crippen LogP contribution >= 0.6 is 15.9 Å². The molecule has 0 spiro atoms. The molecular formula is C21H22BrN3O3. The van der Waals surface area contributed by atoms with Gasteiger partial charge >= 0.3 is 5.91 Å². The van der Waals surface area contributed by atoms with Gasteiger partial charge in [0.1, 0.15) is 5.75 Å². The van der Waals surface area contributed by atoms with Crippen molar-refractivity contribution in [3.8, 4) is 11.6 Å². The topological polar surface area (TPSA) is 76.2 Å². The second kappa shape index (κ2) is 9.01. The number of nitrogens with zero attached hydrogens (tertiary/aromatic N) is 3. The van der Waals surface area contributed by atoms with Crippen LogP contribution in [-0.2, 0) is 11.3 Å². The molecular weight excluding hydrogens is 422 g/mol. The van der Waals surface area contributed by atoms with Gasteiger partial charge < -0.3 is 14.4 Å². The number of fused-ring (bicyclic) bond motifs is 1. The number of benzene rings is 2. The van der Waals surface area contributed by atoms with E-state index in [1.54, 1.807) is 12.1 Å². The van der Waals surface area contributed by atoms with Gasteiger partial charge in [0, 0.05) is 16.4 Å². The fraction of sp³-hybridized carbons (Fsp3) is 0.286. The lowest BCUT2D eigenvalue weighted by molar-refractivity contribution is -0.120. The minimum absolute atomic E-state index is 0.0206. The Hall–Kier alpha value is -2.67. The summed E-state index contributed by atoms with van der Waals surface area (Å²) in [5, 5.41) is 19.1. The third-order valence-corrected chi connectivity index (χ3v) is 4.81. The zero-order valence-electron chi connectivity index (χ0n) is 15.8. The number of halogens is 1. The highest BCUT2D eigenvalue weighted by molar-refractivity contribution is 9.10. The summed E-state index contributed by atoms with van der Waals surface area (Å²) in [6, 6.07) is 14.7. The highest BCUT2D eigenvalue weighted by atomic mass is 79.9. The molecule has 1 heterocycles. The smallest absolute Gasteiger partial charge is 0.302 e. The quantitative estimate of drug-likeness (QED) is 0.465. The van der Waals surface area contributed by atoms with E-state index in [-0.39, 0.29) is 12.5 Å². The van der Waals surface area contributed by atoms with Crippen LogP contribution in [0.4, 0.5) is 5.69 Å². The Morgan fingerprint density at radius 2 is 1.89 bits per heavy atom. The minimum Gasteiger partial charge on any atom is -0.493 e. The first-order valence-electron chi connectivity index (χ1n) is 9.09. The molecule has 7 heteroatoms. The maximum Gasteiger partial charge on any atom is 0.302 e. The van der Waals surface area contributed by atoms with E-state index < -0.39 is 5.91 Å². The van der Waals surface area contributed by atoms with Crippen LogP contribution in [-0.4, -0.2) is 22.2 Å². The number of hydrogen-bond donors (Lipinski definition) is 1. The second-order valence-electron chi connectivity index (χ2n) is 6.86. The summed E-state index contributed by atoms with van der Waals surface area (Å²) in [4.78, 5) is 12.0. The summed E-state index contributed by atoms with van der Waals surface area (Å²) in [6.07, 6.45) is 0.919. The molecule has 3 aromatic rings. The Morgan fingerprint density at radius 3 is 2.61 bits per heavy atom. The number of carbonyl (C=O) groups is 1. The number of hydrogen-bond acceptors (Lipinski definition) is 4. The van der Waals surface area contributed by atoms with Gasteiger partial charge in [0.15, 0.2) is 12.3 Å². The number of rotatable bonds is 7. The van der Waals surface area contributed by atoms with Crippen LogP contribution in [0.2, 0.25) is 0 Å². The Balaban J connectivity index is 1.76. The number of azo groups is 1. The lowest BCUT2D eigenvalue weighted by Gasteiger charge is -2.08. The van der Waals surface area contributed by atoms with E-state index in [0.717, 1.165) is 21.8 Å². The molecule has 0 saturated carbocycles. The molecule has 1 N–H and O–H groups in total. The van der Waals surface area contributed by atoms with Gasteiger partial charge in [-0.2, -0.15) is 0 Å². The van der Waals surface area contributed by atoms with Gasteiger partial charge in [-0.1, -0.05) is 48.0 Å². The predicted molar refractivity (Wildman–Crippen MR) is 112 cm³/mol. The van der Waals surface area contributed by atoms with Gasteiger partial charge in [-0.05, 0) is 42.7 Å². The van der Waals surface area contributed by atoms with Gasteiger partial charge in [-0.25, -0.2) is 0 Å². The third-order valence-electron chi connectivity index (χ3n) is 4.28. The summed E-state index contributed by atoms with van der Waals surface area (Å²) in [6.45, 7) is 4.71. The predicted octanol–water partition coefficient (Wildman–Crippen LogP) is 5.84. The first kappa shape index (κ1) is 20.1. The number of para-hydroxylation sites is 1. The molecule has 1 amide bonds. The molecule has 0 fully saturated rings. The molecule has 0 radical (unpaired) electrons. The number of carbonyl (C=O) groups excluding carboxylic acids is 1. The molecule has 0 aliphatic carbocycles. The molecule has 0 aliphatic rings. The second-order valence-corrected chi connectivity index (χ2v) is 7.78. The largest absolute Gasteiger partial charge is 0.493 e. The van der Waals surface area contributed by atoms with Gasteiger partial charge in [-0.15, -0.1) is 10.2 Å². The number of aryl methyl sites for hydroxylation is 1. The fourth-order valence-electron chi connectivity index (χ4n) is 2.79. The molecule has 1 aromatic heterocycles. The molecule has 6 nitrogen and oxygen atoms in total. The highest BCUT2D eigenvalue weighted by Crippen LogP contribution is 2.39. The number of aromatic nitrogens is 1. The van der Waals surface area contributed by atoms with Crippen molar-refractivity contribution in [1.82, 2.24) is 4.57 Å². The first-order valence-corrected chi connectivity index (χ1v) is 9.88. The van der Waals surface area contributed by atoms with Crippen molar-refractivity contribution >= 4 is 38.4 Å². The van der Waals surface area contributed by atoms with Crippen molar-refractivity contribution < 1.29 is 14.6 Å². The van der Waals surface area contributed by atoms with Crippen LogP contribution in [0.25, 0.3) is 10.9 Å². The van der Waals surface area contributed by atoms with Gasteiger partial charge in [0.05, 0.1) is 5.52 Å². The van der Waals surface area contributed by atoms with Crippen molar-refractivity contribution in [3.05, 3.63) is 53.0 Å². The summed E-state index contributed by atoms with van der Waals surface area (Å²) in [7, 11) is 0. The molecule has 3 rings (SSSR count). The lowest BCUT2D eigenvalue weighted by atomic mass is 10.1. The minimum atomic E-state index is -0.527. The average molecular weight is 444 g/mol. The van der Waals surface area contributed by atoms with Crippen molar-refractivity contribution in [2.24, 2.45) is 16.1 Å². The van der Waals surface area contributed by atoms with Gasteiger partial charge in [0.2, 0.25) is 5.88 Å². The molecule has 146 valence electrons. The number of aromatic hydroxyl groups is 1. The molecule has 0 saturated heterocycles. The van der Waals surface area contributed by atoms with E-state index in [2.05, 4.69) is 40.0 Å². The summed E-state index contributed by atoms with van der Waals surface area (Å²) in [5.74, 6) is 0.566. The molecule has 0 atom stereocenters. The standard InChI is InChI=1S/C21H22BrN3O3/c1-14(2)11-12-25-18-6-4-3-5-17(18)20(21(25)27)24-23-19(26)13-28-16-9-7-15(22)8-10-16/h3-10,14,27H,11-13H2,1-2H3. The Bertz CT molecular complexity index is 994. The number of amides is 1. The van der Waals surface area contributed by atoms with E-state index in [9.17, 15) is 9.90 Å². The van der Waals surface area contributed by atoms with E-state index in [4.69, 9.17) is 4.74 Å². The molecule has 0 bridgehead atoms. The Labute approximate surface area is 172 Å². The Morgan fingerprint density at radius 1 is 1.18 bits per heavy atom. The normalized spacial score (nSPS) is 11.6. The molecule has 0 unspecified atom stereocenters. The maximum atomic E-state index is 12.0. The molecule has 2 aromatic carbocycles. The molecule has 0 aliphatic heterocycles. The van der Waals surface area contributed by atoms with Crippen molar-refractivity contribution in [2.45, 2.75) is 26.8 Å². The van der Waals surface area contributed by atoms with Crippen molar-refractivity contribution in [3.63, 3.8) is 0 Å². The SMILES string of the molecule is CC(C)CCn1c(O)c(N=NC(=O)COc2ccc(Br)cc2)c2ccccc21. The third kappa shape index (κ3) is 4.78. The zero-order valence-corrected chi connectivity index (χ0v) is 17.4. The van der Waals surface area contributed by atoms with Crippen LogP contribution in [0, 0.1) is 5.92 Å². The maximum absolute atomic E-state index is 12.0. The summed E-state index contributed by atoms with van der Waals surface area (Å²) < 4.78 is 8.15. The number of ether oxygens (including phenoxy) is 1. The zero-order chi connectivity index (χ0) is 20.1. The lowest BCUT2D eigenvalue weighted by Crippen LogP contribution is -2.07. The molecule has 28 heavy (non-hydrogen) atoms. The fourth-order valence-corrected chi connectivity index (χ4v) is 3.06.